The molecule has 3 aromatic rings. The van der Waals surface area contributed by atoms with E-state index in [1.807, 2.05) is 47.8 Å². The van der Waals surface area contributed by atoms with E-state index in [2.05, 4.69) is 27.8 Å². The van der Waals surface area contributed by atoms with Crippen LogP contribution in [0.4, 0.5) is 9.93 Å². The number of benzene rings is 2. The van der Waals surface area contributed by atoms with E-state index in [1.165, 1.54) is 16.9 Å². The Kier molecular flexibility index (Phi) is 6.22. The van der Waals surface area contributed by atoms with Crippen LogP contribution in [0.25, 0.3) is 11.3 Å². The van der Waals surface area contributed by atoms with Gasteiger partial charge in [-0.3, -0.25) is 5.32 Å². The van der Waals surface area contributed by atoms with Crippen LogP contribution in [0, 0.1) is 0 Å². The molecule has 1 aromatic heterocycles. The zero-order valence-corrected chi connectivity index (χ0v) is 15.4. The number of urea groups is 1. The van der Waals surface area contributed by atoms with Crippen molar-refractivity contribution in [2.75, 3.05) is 19.0 Å². The van der Waals surface area contributed by atoms with Crippen molar-refractivity contribution in [1.29, 1.82) is 0 Å². The van der Waals surface area contributed by atoms with Crippen LogP contribution in [0.5, 0.6) is 5.75 Å². The number of carbonyl (C=O) groups is 1. The Morgan fingerprint density at radius 2 is 1.88 bits per heavy atom. The molecule has 1 heterocycles. The third-order valence-electron chi connectivity index (χ3n) is 3.88. The number of rotatable bonds is 7. The van der Waals surface area contributed by atoms with E-state index in [0.717, 1.165) is 29.8 Å². The Morgan fingerprint density at radius 1 is 1.12 bits per heavy atom. The van der Waals surface area contributed by atoms with E-state index in [1.54, 1.807) is 7.11 Å². The lowest BCUT2D eigenvalue weighted by Crippen LogP contribution is -2.29. The number of thiazole rings is 1. The van der Waals surface area contributed by atoms with E-state index in [-0.39, 0.29) is 6.03 Å². The number of ether oxygens (including phenoxy) is 1. The second kappa shape index (κ2) is 9.01. The number of hydrogen-bond acceptors (Lipinski definition) is 4. The molecule has 0 fully saturated rings. The lowest BCUT2D eigenvalue weighted by Gasteiger charge is -2.05. The molecule has 6 heteroatoms. The highest BCUT2D eigenvalue weighted by Gasteiger charge is 2.08. The molecule has 0 saturated heterocycles. The summed E-state index contributed by atoms with van der Waals surface area (Å²) < 4.78 is 5.15. The Bertz CT molecular complexity index is 832. The molecule has 2 amide bonds. The van der Waals surface area contributed by atoms with E-state index in [4.69, 9.17) is 4.74 Å². The van der Waals surface area contributed by atoms with Crippen molar-refractivity contribution in [3.63, 3.8) is 0 Å². The monoisotopic (exact) mass is 367 g/mol. The van der Waals surface area contributed by atoms with Crippen molar-refractivity contribution in [3.8, 4) is 17.0 Å². The Morgan fingerprint density at radius 3 is 2.62 bits per heavy atom. The summed E-state index contributed by atoms with van der Waals surface area (Å²) in [4.78, 5) is 16.4. The molecule has 0 spiro atoms. The third-order valence-corrected chi connectivity index (χ3v) is 4.64. The van der Waals surface area contributed by atoms with Crippen molar-refractivity contribution in [1.82, 2.24) is 10.3 Å². The first kappa shape index (κ1) is 17.9. The average Bonchev–Trinajstić information content (AvgIpc) is 3.14. The summed E-state index contributed by atoms with van der Waals surface area (Å²) >= 11 is 1.40. The highest BCUT2D eigenvalue weighted by atomic mass is 32.1. The van der Waals surface area contributed by atoms with E-state index >= 15 is 0 Å². The van der Waals surface area contributed by atoms with Crippen molar-refractivity contribution in [2.24, 2.45) is 0 Å². The normalized spacial score (nSPS) is 10.3. The largest absolute Gasteiger partial charge is 0.497 e. The van der Waals surface area contributed by atoms with Gasteiger partial charge in [0.1, 0.15) is 5.75 Å². The minimum atomic E-state index is -0.228. The van der Waals surface area contributed by atoms with Crippen molar-refractivity contribution >= 4 is 22.5 Å². The van der Waals surface area contributed by atoms with Crippen LogP contribution in [-0.4, -0.2) is 24.7 Å². The SMILES string of the molecule is COc1ccc(-c2csc(NC(=O)NCCCc3ccccc3)n2)cc1. The van der Waals surface area contributed by atoms with Gasteiger partial charge in [-0.05, 0) is 42.7 Å². The van der Waals surface area contributed by atoms with Crippen LogP contribution in [0.2, 0.25) is 0 Å². The summed E-state index contributed by atoms with van der Waals surface area (Å²) in [5, 5.41) is 8.15. The van der Waals surface area contributed by atoms with Gasteiger partial charge in [0.15, 0.2) is 5.13 Å². The highest BCUT2D eigenvalue weighted by molar-refractivity contribution is 7.14. The number of aryl methyl sites for hydroxylation is 1. The van der Waals surface area contributed by atoms with E-state index in [0.29, 0.717) is 11.7 Å². The van der Waals surface area contributed by atoms with Gasteiger partial charge in [-0.15, -0.1) is 11.3 Å². The first-order chi connectivity index (χ1) is 12.7. The van der Waals surface area contributed by atoms with Crippen LogP contribution < -0.4 is 15.4 Å². The predicted octanol–water partition coefficient (Wildman–Crippen LogP) is 4.57. The molecule has 0 unspecified atom stereocenters. The van der Waals surface area contributed by atoms with E-state index < -0.39 is 0 Å². The topological polar surface area (TPSA) is 63.2 Å². The fraction of sp³-hybridized carbons (Fsp3) is 0.200. The summed E-state index contributed by atoms with van der Waals surface area (Å²) in [6.45, 7) is 0.622. The molecular weight excluding hydrogens is 346 g/mol. The molecule has 3 rings (SSSR count). The molecule has 0 radical (unpaired) electrons. The van der Waals surface area contributed by atoms with Gasteiger partial charge in [0.05, 0.1) is 12.8 Å². The van der Waals surface area contributed by atoms with Crippen LogP contribution in [0.15, 0.2) is 60.0 Å². The Hall–Kier alpha value is -2.86. The smallest absolute Gasteiger partial charge is 0.321 e. The molecule has 0 aliphatic heterocycles. The molecule has 0 saturated carbocycles. The number of nitrogens with zero attached hydrogens (tertiary/aromatic N) is 1. The maximum atomic E-state index is 12.0. The number of aromatic nitrogens is 1. The van der Waals surface area contributed by atoms with Gasteiger partial charge < -0.3 is 10.1 Å². The number of methoxy groups -OCH3 is 1. The molecular formula is C20H21N3O2S. The van der Waals surface area contributed by atoms with Gasteiger partial charge in [0.2, 0.25) is 0 Å². The molecule has 0 bridgehead atoms. The van der Waals surface area contributed by atoms with Crippen LogP contribution in [0.1, 0.15) is 12.0 Å². The molecule has 2 N–H and O–H groups in total. The molecule has 2 aromatic carbocycles. The number of carbonyl (C=O) groups excluding carboxylic acids is 1. The van der Waals surface area contributed by atoms with Crippen LogP contribution in [0.3, 0.4) is 0 Å². The van der Waals surface area contributed by atoms with Gasteiger partial charge >= 0.3 is 6.03 Å². The van der Waals surface area contributed by atoms with Gasteiger partial charge in [0.25, 0.3) is 0 Å². The van der Waals surface area contributed by atoms with Crippen LogP contribution >= 0.6 is 11.3 Å². The summed E-state index contributed by atoms with van der Waals surface area (Å²) in [6, 6.07) is 17.7. The molecule has 0 atom stereocenters. The first-order valence-electron chi connectivity index (χ1n) is 8.43. The summed E-state index contributed by atoms with van der Waals surface area (Å²) in [7, 11) is 1.64. The predicted molar refractivity (Wildman–Crippen MR) is 106 cm³/mol. The maximum absolute atomic E-state index is 12.0. The maximum Gasteiger partial charge on any atom is 0.321 e. The van der Waals surface area contributed by atoms with Gasteiger partial charge in [-0.25, -0.2) is 9.78 Å². The quantitative estimate of drug-likeness (QED) is 0.601. The van der Waals surface area contributed by atoms with Gasteiger partial charge in [-0.1, -0.05) is 30.3 Å². The standard InChI is InChI=1S/C20H21N3O2S/c1-25-17-11-9-16(10-12-17)18-14-26-20(22-18)23-19(24)21-13-5-8-15-6-3-2-4-7-15/h2-4,6-7,9-12,14H,5,8,13H2,1H3,(H2,21,22,23,24). The molecule has 134 valence electrons. The van der Waals surface area contributed by atoms with Gasteiger partial charge in [0, 0.05) is 17.5 Å². The fourth-order valence-corrected chi connectivity index (χ4v) is 3.22. The Balaban J connectivity index is 1.45. The molecule has 26 heavy (non-hydrogen) atoms. The van der Waals surface area contributed by atoms with Crippen LogP contribution in [-0.2, 0) is 6.42 Å². The fourth-order valence-electron chi connectivity index (χ4n) is 2.51. The lowest BCUT2D eigenvalue weighted by atomic mass is 10.1. The average molecular weight is 367 g/mol. The minimum absolute atomic E-state index is 0.228. The van der Waals surface area contributed by atoms with Gasteiger partial charge in [-0.2, -0.15) is 0 Å². The highest BCUT2D eigenvalue weighted by Crippen LogP contribution is 2.26. The van der Waals surface area contributed by atoms with Crippen molar-refractivity contribution in [3.05, 3.63) is 65.5 Å². The summed E-state index contributed by atoms with van der Waals surface area (Å²) in [5.74, 6) is 0.803. The summed E-state index contributed by atoms with van der Waals surface area (Å²) in [5.41, 5.74) is 3.09. The summed E-state index contributed by atoms with van der Waals surface area (Å²) in [6.07, 6.45) is 1.84. The molecule has 5 nitrogen and oxygen atoms in total. The lowest BCUT2D eigenvalue weighted by molar-refractivity contribution is 0.252. The zero-order valence-electron chi connectivity index (χ0n) is 14.6. The molecule has 0 aliphatic carbocycles. The minimum Gasteiger partial charge on any atom is -0.497 e. The molecule has 0 aliphatic rings. The third kappa shape index (κ3) is 5.07. The van der Waals surface area contributed by atoms with E-state index in [9.17, 15) is 4.79 Å². The second-order valence-electron chi connectivity index (χ2n) is 5.74. The van der Waals surface area contributed by atoms with Crippen molar-refractivity contribution < 1.29 is 9.53 Å². The van der Waals surface area contributed by atoms with Crippen molar-refractivity contribution in [2.45, 2.75) is 12.8 Å². The Labute approximate surface area is 157 Å². The number of amides is 2. The zero-order chi connectivity index (χ0) is 18.2. The second-order valence-corrected chi connectivity index (χ2v) is 6.59. The number of anilines is 1. The first-order valence-corrected chi connectivity index (χ1v) is 9.31. The number of nitrogens with one attached hydrogen (secondary N) is 2. The number of hydrogen-bond donors (Lipinski definition) is 2.